The minimum atomic E-state index is -4.39. The molecule has 1 unspecified atom stereocenters. The Morgan fingerprint density at radius 3 is 2.23 bits per heavy atom. The van der Waals surface area contributed by atoms with Gasteiger partial charge in [-0.1, -0.05) is 55.5 Å². The summed E-state index contributed by atoms with van der Waals surface area (Å²) in [4.78, 5) is 2.56. The van der Waals surface area contributed by atoms with Crippen molar-refractivity contribution >= 4 is 10.9 Å². The van der Waals surface area contributed by atoms with Crippen LogP contribution in [0.25, 0.3) is 10.9 Å². The van der Waals surface area contributed by atoms with Gasteiger partial charge < -0.3 is 4.98 Å². The van der Waals surface area contributed by atoms with Crippen LogP contribution >= 0.6 is 0 Å². The first-order valence-corrected chi connectivity index (χ1v) is 7.25. The number of halogens is 3. The number of aromatic amines is 1. The van der Waals surface area contributed by atoms with Crippen molar-refractivity contribution in [2.75, 3.05) is 0 Å². The van der Waals surface area contributed by atoms with Gasteiger partial charge in [0, 0.05) is 16.8 Å². The summed E-state index contributed by atoms with van der Waals surface area (Å²) >= 11 is 0. The molecule has 22 heavy (non-hydrogen) atoms. The second-order valence-electron chi connectivity index (χ2n) is 5.33. The number of nitrogens with one attached hydrogen (secondary N) is 1. The van der Waals surface area contributed by atoms with Crippen LogP contribution in [0.5, 0.6) is 0 Å². The van der Waals surface area contributed by atoms with Gasteiger partial charge in [-0.15, -0.1) is 0 Å². The molecule has 1 atom stereocenters. The third-order valence-electron chi connectivity index (χ3n) is 3.99. The quantitative estimate of drug-likeness (QED) is 0.636. The molecule has 2 aromatic carbocycles. The van der Waals surface area contributed by atoms with Crippen LogP contribution < -0.4 is 0 Å². The van der Waals surface area contributed by atoms with Crippen LogP contribution in [0.1, 0.15) is 36.1 Å². The van der Waals surface area contributed by atoms with Crippen molar-refractivity contribution in [1.29, 1.82) is 0 Å². The lowest BCUT2D eigenvalue weighted by molar-refractivity contribution is -0.141. The van der Waals surface area contributed by atoms with E-state index in [2.05, 4.69) is 4.98 Å². The van der Waals surface area contributed by atoms with E-state index in [-0.39, 0.29) is 5.92 Å². The SMILES string of the molecule is CCC(c1ccccc1)c1c(C(F)(F)F)[nH]c2ccccc12. The van der Waals surface area contributed by atoms with Crippen LogP contribution in [0.15, 0.2) is 54.6 Å². The van der Waals surface area contributed by atoms with E-state index >= 15 is 0 Å². The van der Waals surface area contributed by atoms with Crippen molar-refractivity contribution in [2.24, 2.45) is 0 Å². The summed E-state index contributed by atoms with van der Waals surface area (Å²) in [5, 5.41) is 0.644. The molecule has 0 bridgehead atoms. The maximum absolute atomic E-state index is 13.5. The molecule has 3 aromatic rings. The zero-order chi connectivity index (χ0) is 15.7. The van der Waals surface area contributed by atoms with Crippen molar-refractivity contribution in [3.63, 3.8) is 0 Å². The van der Waals surface area contributed by atoms with E-state index in [4.69, 9.17) is 0 Å². The fourth-order valence-corrected chi connectivity index (χ4v) is 3.04. The third kappa shape index (κ3) is 2.49. The monoisotopic (exact) mass is 303 g/mol. The molecule has 0 saturated heterocycles. The largest absolute Gasteiger partial charge is 0.431 e. The summed E-state index contributed by atoms with van der Waals surface area (Å²) < 4.78 is 40.4. The molecular weight excluding hydrogens is 287 g/mol. The first-order valence-electron chi connectivity index (χ1n) is 7.25. The van der Waals surface area contributed by atoms with Gasteiger partial charge in [0.2, 0.25) is 0 Å². The molecule has 0 radical (unpaired) electrons. The zero-order valence-corrected chi connectivity index (χ0v) is 12.1. The van der Waals surface area contributed by atoms with Crippen molar-refractivity contribution < 1.29 is 13.2 Å². The molecule has 1 nitrogen and oxygen atoms in total. The lowest BCUT2D eigenvalue weighted by Gasteiger charge is -2.18. The summed E-state index contributed by atoms with van der Waals surface area (Å²) in [6.45, 7) is 1.92. The highest BCUT2D eigenvalue weighted by atomic mass is 19.4. The fraction of sp³-hybridized carbons (Fsp3) is 0.222. The molecule has 0 amide bonds. The minimum absolute atomic E-state index is 0.283. The fourth-order valence-electron chi connectivity index (χ4n) is 3.04. The molecule has 1 heterocycles. The van der Waals surface area contributed by atoms with Gasteiger partial charge in [0.25, 0.3) is 0 Å². The van der Waals surface area contributed by atoms with Gasteiger partial charge in [0.15, 0.2) is 0 Å². The molecule has 114 valence electrons. The average Bonchev–Trinajstić information content (AvgIpc) is 2.89. The number of H-pyrrole nitrogens is 1. The van der Waals surface area contributed by atoms with Gasteiger partial charge in [-0.25, -0.2) is 0 Å². The molecule has 0 fully saturated rings. The maximum Gasteiger partial charge on any atom is 0.431 e. The zero-order valence-electron chi connectivity index (χ0n) is 12.1. The normalized spacial score (nSPS) is 13.5. The predicted molar refractivity (Wildman–Crippen MR) is 81.9 cm³/mol. The van der Waals surface area contributed by atoms with Gasteiger partial charge in [-0.05, 0) is 23.6 Å². The molecular formula is C18H16F3N. The van der Waals surface area contributed by atoms with Gasteiger partial charge in [-0.2, -0.15) is 13.2 Å². The molecule has 0 spiro atoms. The minimum Gasteiger partial charge on any atom is -0.351 e. The number of hydrogen-bond acceptors (Lipinski definition) is 0. The van der Waals surface area contributed by atoms with Crippen LogP contribution in [-0.2, 0) is 6.18 Å². The van der Waals surface area contributed by atoms with Crippen molar-refractivity contribution in [3.8, 4) is 0 Å². The second kappa shape index (κ2) is 5.52. The number of para-hydroxylation sites is 1. The highest BCUT2D eigenvalue weighted by Gasteiger charge is 2.38. The van der Waals surface area contributed by atoms with Crippen molar-refractivity contribution in [2.45, 2.75) is 25.4 Å². The number of aromatic nitrogens is 1. The first kappa shape index (κ1) is 14.7. The lowest BCUT2D eigenvalue weighted by Crippen LogP contribution is -2.12. The van der Waals surface area contributed by atoms with Gasteiger partial charge in [0.1, 0.15) is 5.69 Å². The Kier molecular flexibility index (Phi) is 3.69. The van der Waals surface area contributed by atoms with E-state index in [1.807, 2.05) is 37.3 Å². The molecule has 0 aliphatic carbocycles. The number of fused-ring (bicyclic) bond motifs is 1. The van der Waals surface area contributed by atoms with Crippen LogP contribution in [0, 0.1) is 0 Å². The average molecular weight is 303 g/mol. The Morgan fingerprint density at radius 2 is 1.59 bits per heavy atom. The van der Waals surface area contributed by atoms with Crippen LogP contribution in [0.3, 0.4) is 0 Å². The Labute approximate surface area is 126 Å². The van der Waals surface area contributed by atoms with Gasteiger partial charge in [0.05, 0.1) is 0 Å². The maximum atomic E-state index is 13.5. The second-order valence-corrected chi connectivity index (χ2v) is 5.33. The van der Waals surface area contributed by atoms with Gasteiger partial charge in [-0.3, -0.25) is 0 Å². The molecule has 1 aromatic heterocycles. The summed E-state index contributed by atoms with van der Waals surface area (Å²) in [6, 6.07) is 16.3. The van der Waals surface area contributed by atoms with E-state index in [0.29, 0.717) is 22.9 Å². The smallest absolute Gasteiger partial charge is 0.351 e. The highest BCUT2D eigenvalue weighted by Crippen LogP contribution is 2.42. The topological polar surface area (TPSA) is 15.8 Å². The van der Waals surface area contributed by atoms with E-state index in [1.54, 1.807) is 24.3 Å². The lowest BCUT2D eigenvalue weighted by atomic mass is 9.87. The molecule has 0 aliphatic rings. The van der Waals surface area contributed by atoms with Gasteiger partial charge >= 0.3 is 6.18 Å². The molecule has 0 saturated carbocycles. The van der Waals surface area contributed by atoms with Crippen molar-refractivity contribution in [3.05, 3.63) is 71.4 Å². The Balaban J connectivity index is 2.28. The van der Waals surface area contributed by atoms with E-state index in [0.717, 1.165) is 5.56 Å². The third-order valence-corrected chi connectivity index (χ3v) is 3.99. The van der Waals surface area contributed by atoms with Crippen LogP contribution in [0.4, 0.5) is 13.2 Å². The Hall–Kier alpha value is -2.23. The number of alkyl halides is 3. The summed E-state index contributed by atoms with van der Waals surface area (Å²) in [5.41, 5.74) is 1.14. The summed E-state index contributed by atoms with van der Waals surface area (Å²) in [5.74, 6) is -0.283. The van der Waals surface area contributed by atoms with Crippen molar-refractivity contribution in [1.82, 2.24) is 4.98 Å². The molecule has 0 aliphatic heterocycles. The number of hydrogen-bond donors (Lipinski definition) is 1. The Morgan fingerprint density at radius 1 is 0.955 bits per heavy atom. The number of benzene rings is 2. The highest BCUT2D eigenvalue weighted by molar-refractivity contribution is 5.86. The van der Waals surface area contributed by atoms with E-state index < -0.39 is 11.9 Å². The predicted octanol–water partition coefficient (Wildman–Crippen LogP) is 5.73. The van der Waals surface area contributed by atoms with Crippen LogP contribution in [-0.4, -0.2) is 4.98 Å². The van der Waals surface area contributed by atoms with E-state index in [1.165, 1.54) is 0 Å². The Bertz CT molecular complexity index is 772. The molecule has 3 rings (SSSR count). The standard InChI is InChI=1S/C18H16F3N/c1-2-13(12-8-4-3-5-9-12)16-14-10-6-7-11-15(14)22-17(16)18(19,20)21/h3-11,13,22H,2H2,1H3. The summed E-state index contributed by atoms with van der Waals surface area (Å²) in [6.07, 6.45) is -3.79. The van der Waals surface area contributed by atoms with Crippen LogP contribution in [0.2, 0.25) is 0 Å². The van der Waals surface area contributed by atoms with E-state index in [9.17, 15) is 13.2 Å². The molecule has 1 N–H and O–H groups in total. The summed E-state index contributed by atoms with van der Waals surface area (Å²) in [7, 11) is 0. The number of rotatable bonds is 3. The first-order chi connectivity index (χ1) is 10.5. The molecule has 4 heteroatoms.